The first-order valence-corrected chi connectivity index (χ1v) is 5.61. The van der Waals surface area contributed by atoms with Gasteiger partial charge in [0.1, 0.15) is 5.82 Å². The predicted octanol–water partition coefficient (Wildman–Crippen LogP) is 3.10. The van der Waals surface area contributed by atoms with Crippen LogP contribution in [0.1, 0.15) is 12.8 Å². The molecule has 1 heterocycles. The van der Waals surface area contributed by atoms with Crippen molar-refractivity contribution in [3.63, 3.8) is 0 Å². The van der Waals surface area contributed by atoms with Gasteiger partial charge in [0.25, 0.3) is 0 Å². The molecule has 1 aromatic carbocycles. The van der Waals surface area contributed by atoms with Crippen molar-refractivity contribution in [3.05, 3.63) is 23.0 Å². The first kappa shape index (κ1) is 9.28. The Morgan fingerprint density at radius 2 is 2.07 bits per heavy atom. The van der Waals surface area contributed by atoms with Crippen LogP contribution in [0.2, 0.25) is 5.02 Å². The average molecular weight is 227 g/mol. The Balaban J connectivity index is 1.91. The number of anilines is 2. The topological polar surface area (TPSA) is 24.1 Å². The molecule has 1 saturated carbocycles. The van der Waals surface area contributed by atoms with E-state index in [1.54, 1.807) is 6.07 Å². The molecule has 1 aromatic rings. The van der Waals surface area contributed by atoms with Crippen LogP contribution in [-0.4, -0.2) is 12.6 Å². The molecule has 2 aliphatic rings. The maximum Gasteiger partial charge on any atom is 0.143 e. The highest BCUT2D eigenvalue weighted by atomic mass is 35.5. The van der Waals surface area contributed by atoms with E-state index in [1.807, 2.05) is 0 Å². The summed E-state index contributed by atoms with van der Waals surface area (Å²) in [5.74, 6) is 0.394. The summed E-state index contributed by atoms with van der Waals surface area (Å²) < 4.78 is 13.3. The van der Waals surface area contributed by atoms with Crippen LogP contribution in [0.25, 0.3) is 0 Å². The molecule has 1 unspecified atom stereocenters. The van der Waals surface area contributed by atoms with Crippen molar-refractivity contribution in [3.8, 4) is 0 Å². The Hall–Kier alpha value is -0.960. The molecule has 0 amide bonds. The van der Waals surface area contributed by atoms with Crippen molar-refractivity contribution >= 4 is 23.0 Å². The van der Waals surface area contributed by atoms with E-state index in [0.29, 0.717) is 6.04 Å². The molecular formula is C11H12ClFN2. The van der Waals surface area contributed by atoms with Crippen LogP contribution >= 0.6 is 11.6 Å². The van der Waals surface area contributed by atoms with Gasteiger partial charge in [-0.05, 0) is 24.8 Å². The molecule has 0 aromatic heterocycles. The van der Waals surface area contributed by atoms with Gasteiger partial charge in [0, 0.05) is 18.7 Å². The van der Waals surface area contributed by atoms with Gasteiger partial charge in [-0.2, -0.15) is 0 Å². The van der Waals surface area contributed by atoms with Crippen molar-refractivity contribution in [1.29, 1.82) is 0 Å². The van der Waals surface area contributed by atoms with E-state index in [-0.39, 0.29) is 10.8 Å². The summed E-state index contributed by atoms with van der Waals surface area (Å²) >= 11 is 5.71. The van der Waals surface area contributed by atoms with E-state index < -0.39 is 0 Å². The zero-order valence-corrected chi connectivity index (χ0v) is 8.94. The first-order valence-electron chi connectivity index (χ1n) is 5.23. The lowest BCUT2D eigenvalue weighted by Gasteiger charge is -2.28. The molecule has 0 spiro atoms. The van der Waals surface area contributed by atoms with Gasteiger partial charge in [0.05, 0.1) is 16.4 Å². The van der Waals surface area contributed by atoms with Gasteiger partial charge < -0.3 is 10.6 Å². The maximum absolute atomic E-state index is 13.3. The number of rotatable bonds is 1. The lowest BCUT2D eigenvalue weighted by atomic mass is 10.1. The van der Waals surface area contributed by atoms with Gasteiger partial charge in [-0.1, -0.05) is 11.6 Å². The fourth-order valence-corrected chi connectivity index (χ4v) is 2.23. The van der Waals surface area contributed by atoms with Crippen LogP contribution in [0.4, 0.5) is 15.8 Å². The van der Waals surface area contributed by atoms with Crippen LogP contribution < -0.4 is 10.6 Å². The third kappa shape index (κ3) is 1.65. The fourth-order valence-electron chi connectivity index (χ4n) is 2.07. The molecule has 0 saturated heterocycles. The highest BCUT2D eigenvalue weighted by Gasteiger charge is 2.33. The quantitative estimate of drug-likeness (QED) is 0.769. The maximum atomic E-state index is 13.3. The molecule has 0 radical (unpaired) electrons. The minimum Gasteiger partial charge on any atom is -0.381 e. The van der Waals surface area contributed by atoms with Crippen LogP contribution in [0.5, 0.6) is 0 Å². The minimum atomic E-state index is -0.360. The molecule has 15 heavy (non-hydrogen) atoms. The summed E-state index contributed by atoms with van der Waals surface area (Å²) in [4.78, 5) is 0. The summed E-state index contributed by atoms with van der Waals surface area (Å²) in [7, 11) is 0. The highest BCUT2D eigenvalue weighted by Crippen LogP contribution is 2.39. The summed E-state index contributed by atoms with van der Waals surface area (Å²) in [6, 6.07) is 3.56. The predicted molar refractivity (Wildman–Crippen MR) is 60.0 cm³/mol. The second-order valence-electron chi connectivity index (χ2n) is 4.28. The normalized spacial score (nSPS) is 24.0. The monoisotopic (exact) mass is 226 g/mol. The average Bonchev–Trinajstić information content (AvgIpc) is 3.02. The Kier molecular flexibility index (Phi) is 2.02. The SMILES string of the molecule is Fc1cc2c(cc1Cl)NCC(C1CC1)N2. The molecule has 80 valence electrons. The lowest BCUT2D eigenvalue weighted by Crippen LogP contribution is -2.34. The zero-order valence-electron chi connectivity index (χ0n) is 8.19. The smallest absolute Gasteiger partial charge is 0.143 e. The molecule has 2 N–H and O–H groups in total. The van der Waals surface area contributed by atoms with Crippen LogP contribution in [0.15, 0.2) is 12.1 Å². The molecule has 1 atom stereocenters. The second-order valence-corrected chi connectivity index (χ2v) is 4.69. The lowest BCUT2D eigenvalue weighted by molar-refractivity contribution is 0.622. The van der Waals surface area contributed by atoms with Gasteiger partial charge >= 0.3 is 0 Å². The standard InChI is InChI=1S/C11H12ClFN2/c12-7-3-9-10(4-8(7)13)15-11(5-14-9)6-1-2-6/h3-4,6,11,14-15H,1-2,5H2. The number of hydrogen-bond acceptors (Lipinski definition) is 2. The van der Waals surface area contributed by atoms with Gasteiger partial charge in [0.2, 0.25) is 0 Å². The van der Waals surface area contributed by atoms with Crippen molar-refractivity contribution in [2.24, 2.45) is 5.92 Å². The van der Waals surface area contributed by atoms with E-state index in [0.717, 1.165) is 23.8 Å². The molecule has 1 aliphatic carbocycles. The molecule has 3 rings (SSSR count). The number of halogens is 2. The minimum absolute atomic E-state index is 0.174. The molecule has 0 bridgehead atoms. The fraction of sp³-hybridized carbons (Fsp3) is 0.455. The second kappa shape index (κ2) is 3.27. The van der Waals surface area contributed by atoms with Crippen molar-refractivity contribution in [2.45, 2.75) is 18.9 Å². The number of nitrogens with one attached hydrogen (secondary N) is 2. The highest BCUT2D eigenvalue weighted by molar-refractivity contribution is 6.31. The Labute approximate surface area is 92.8 Å². The van der Waals surface area contributed by atoms with Crippen LogP contribution in [-0.2, 0) is 0 Å². The number of fused-ring (bicyclic) bond motifs is 1. The van der Waals surface area contributed by atoms with Gasteiger partial charge in [-0.15, -0.1) is 0 Å². The number of benzene rings is 1. The third-order valence-electron chi connectivity index (χ3n) is 3.10. The van der Waals surface area contributed by atoms with Crippen LogP contribution in [0, 0.1) is 11.7 Å². The van der Waals surface area contributed by atoms with Gasteiger partial charge in [-0.3, -0.25) is 0 Å². The Morgan fingerprint density at radius 3 is 2.80 bits per heavy atom. The van der Waals surface area contributed by atoms with Crippen molar-refractivity contribution in [2.75, 3.05) is 17.2 Å². The first-order chi connectivity index (χ1) is 7.24. The Bertz CT molecular complexity index is 404. The summed E-state index contributed by atoms with van der Waals surface area (Å²) in [5.41, 5.74) is 1.73. The molecular weight excluding hydrogens is 215 g/mol. The number of hydrogen-bond donors (Lipinski definition) is 2. The van der Waals surface area contributed by atoms with E-state index in [1.165, 1.54) is 18.9 Å². The summed E-state index contributed by atoms with van der Waals surface area (Å²) in [6.45, 7) is 0.902. The summed E-state index contributed by atoms with van der Waals surface area (Å²) in [6.07, 6.45) is 2.56. The largest absolute Gasteiger partial charge is 0.381 e. The molecule has 2 nitrogen and oxygen atoms in total. The van der Waals surface area contributed by atoms with E-state index in [4.69, 9.17) is 11.6 Å². The Morgan fingerprint density at radius 1 is 1.27 bits per heavy atom. The van der Waals surface area contributed by atoms with E-state index >= 15 is 0 Å². The molecule has 1 aliphatic heterocycles. The van der Waals surface area contributed by atoms with Crippen molar-refractivity contribution < 1.29 is 4.39 Å². The molecule has 4 heteroatoms. The van der Waals surface area contributed by atoms with E-state index in [2.05, 4.69) is 10.6 Å². The van der Waals surface area contributed by atoms with Gasteiger partial charge in [-0.25, -0.2) is 4.39 Å². The summed E-state index contributed by atoms with van der Waals surface area (Å²) in [5, 5.41) is 6.83. The molecule has 1 fully saturated rings. The third-order valence-corrected chi connectivity index (χ3v) is 3.39. The van der Waals surface area contributed by atoms with E-state index in [9.17, 15) is 4.39 Å². The van der Waals surface area contributed by atoms with Crippen molar-refractivity contribution in [1.82, 2.24) is 0 Å². The van der Waals surface area contributed by atoms with Gasteiger partial charge in [0.15, 0.2) is 0 Å². The van der Waals surface area contributed by atoms with Crippen LogP contribution in [0.3, 0.4) is 0 Å². The zero-order chi connectivity index (χ0) is 10.4.